The summed E-state index contributed by atoms with van der Waals surface area (Å²) in [5.74, 6) is -1.32. The van der Waals surface area contributed by atoms with Crippen molar-refractivity contribution in [3.8, 4) is 0 Å². The van der Waals surface area contributed by atoms with Gasteiger partial charge in [-0.2, -0.15) is 0 Å². The summed E-state index contributed by atoms with van der Waals surface area (Å²) in [7, 11) is 0. The van der Waals surface area contributed by atoms with Crippen molar-refractivity contribution in [1.82, 2.24) is 5.32 Å². The number of anilines is 1. The van der Waals surface area contributed by atoms with Gasteiger partial charge < -0.3 is 11.1 Å². The Hall–Kier alpha value is -2.43. The van der Waals surface area contributed by atoms with Crippen LogP contribution in [0.2, 0.25) is 0 Å². The Kier molecular flexibility index (Phi) is 4.52. The molecule has 0 saturated heterocycles. The second-order valence-electron chi connectivity index (χ2n) is 4.78. The highest BCUT2D eigenvalue weighted by molar-refractivity contribution is 5.99. The van der Waals surface area contributed by atoms with Gasteiger partial charge in [-0.15, -0.1) is 0 Å². The molecule has 3 nitrogen and oxygen atoms in total. The maximum absolute atomic E-state index is 13.3. The van der Waals surface area contributed by atoms with Crippen LogP contribution in [0.15, 0.2) is 36.4 Å². The zero-order valence-electron chi connectivity index (χ0n) is 11.6. The van der Waals surface area contributed by atoms with Gasteiger partial charge in [0.1, 0.15) is 11.6 Å². The number of halogens is 2. The Bertz CT molecular complexity index is 671. The molecule has 0 saturated carbocycles. The molecule has 2 aromatic rings. The smallest absolute Gasteiger partial charge is 0.253 e. The number of carbonyl (C=O) groups excluding carboxylic acids is 1. The maximum Gasteiger partial charge on any atom is 0.253 e. The van der Waals surface area contributed by atoms with Crippen LogP contribution < -0.4 is 11.1 Å². The molecule has 21 heavy (non-hydrogen) atoms. The van der Waals surface area contributed by atoms with E-state index in [4.69, 9.17) is 5.73 Å². The SMILES string of the molecule is Cc1cc(F)ccc1CCNC(=O)c1cccc(F)c1N. The molecule has 0 aliphatic heterocycles. The fraction of sp³-hybridized carbons (Fsp3) is 0.188. The molecule has 0 radical (unpaired) electrons. The van der Waals surface area contributed by atoms with Crippen molar-refractivity contribution in [3.63, 3.8) is 0 Å². The zero-order valence-corrected chi connectivity index (χ0v) is 11.6. The standard InChI is InChI=1S/C16H16F2N2O/c1-10-9-12(17)6-5-11(10)7-8-20-16(21)13-3-2-4-14(18)15(13)19/h2-6,9H,7-8,19H2,1H3,(H,20,21). The maximum atomic E-state index is 13.3. The first kappa shape index (κ1) is 15.0. The highest BCUT2D eigenvalue weighted by atomic mass is 19.1. The molecular formula is C16H16F2N2O. The number of aryl methyl sites for hydroxylation is 1. The Morgan fingerprint density at radius 1 is 1.24 bits per heavy atom. The summed E-state index contributed by atoms with van der Waals surface area (Å²) in [6, 6.07) is 8.62. The monoisotopic (exact) mass is 290 g/mol. The highest BCUT2D eigenvalue weighted by Crippen LogP contribution is 2.15. The molecule has 110 valence electrons. The van der Waals surface area contributed by atoms with E-state index in [9.17, 15) is 13.6 Å². The molecule has 2 aromatic carbocycles. The van der Waals surface area contributed by atoms with E-state index >= 15 is 0 Å². The average molecular weight is 290 g/mol. The molecular weight excluding hydrogens is 274 g/mol. The number of nitrogens with two attached hydrogens (primary N) is 1. The number of benzene rings is 2. The number of nitrogen functional groups attached to an aromatic ring is 1. The molecule has 0 atom stereocenters. The van der Waals surface area contributed by atoms with Crippen LogP contribution in [-0.2, 0) is 6.42 Å². The third-order valence-electron chi connectivity index (χ3n) is 3.28. The Morgan fingerprint density at radius 3 is 2.71 bits per heavy atom. The average Bonchev–Trinajstić information content (AvgIpc) is 2.44. The number of rotatable bonds is 4. The van der Waals surface area contributed by atoms with Gasteiger partial charge in [0.2, 0.25) is 0 Å². The van der Waals surface area contributed by atoms with Gasteiger partial charge in [-0.3, -0.25) is 4.79 Å². The van der Waals surface area contributed by atoms with E-state index in [0.717, 1.165) is 11.1 Å². The fourth-order valence-electron chi connectivity index (χ4n) is 2.08. The lowest BCUT2D eigenvalue weighted by atomic mass is 10.1. The van der Waals surface area contributed by atoms with Crippen molar-refractivity contribution < 1.29 is 13.6 Å². The molecule has 5 heteroatoms. The van der Waals surface area contributed by atoms with E-state index in [1.54, 1.807) is 6.07 Å². The van der Waals surface area contributed by atoms with E-state index in [1.807, 2.05) is 6.92 Å². The van der Waals surface area contributed by atoms with Crippen LogP contribution in [-0.4, -0.2) is 12.5 Å². The minimum absolute atomic E-state index is 0.117. The molecule has 3 N–H and O–H groups in total. The molecule has 0 aliphatic carbocycles. The van der Waals surface area contributed by atoms with E-state index in [2.05, 4.69) is 5.32 Å². The normalized spacial score (nSPS) is 10.4. The zero-order chi connectivity index (χ0) is 15.4. The van der Waals surface area contributed by atoms with E-state index < -0.39 is 11.7 Å². The summed E-state index contributed by atoms with van der Waals surface area (Å²) >= 11 is 0. The summed E-state index contributed by atoms with van der Waals surface area (Å²) < 4.78 is 26.3. The Morgan fingerprint density at radius 2 is 2.00 bits per heavy atom. The first-order valence-electron chi connectivity index (χ1n) is 6.56. The molecule has 0 aromatic heterocycles. The van der Waals surface area contributed by atoms with Crippen LogP contribution in [0.4, 0.5) is 14.5 Å². The van der Waals surface area contributed by atoms with Gasteiger partial charge in [-0.1, -0.05) is 12.1 Å². The third kappa shape index (κ3) is 3.56. The molecule has 0 bridgehead atoms. The van der Waals surface area contributed by atoms with Gasteiger partial charge in [-0.05, 0) is 48.7 Å². The minimum atomic E-state index is -0.614. The van der Waals surface area contributed by atoms with Crippen LogP contribution in [0.25, 0.3) is 0 Å². The quantitative estimate of drug-likeness (QED) is 0.851. The van der Waals surface area contributed by atoms with Crippen LogP contribution in [0.1, 0.15) is 21.5 Å². The predicted octanol–water partition coefficient (Wildman–Crippen LogP) is 2.83. The van der Waals surface area contributed by atoms with Crippen LogP contribution in [0.3, 0.4) is 0 Å². The second kappa shape index (κ2) is 6.35. The summed E-state index contributed by atoms with van der Waals surface area (Å²) in [5.41, 5.74) is 7.26. The summed E-state index contributed by atoms with van der Waals surface area (Å²) in [4.78, 5) is 11.9. The van der Waals surface area contributed by atoms with Gasteiger partial charge in [0, 0.05) is 6.54 Å². The van der Waals surface area contributed by atoms with Crippen molar-refractivity contribution in [1.29, 1.82) is 0 Å². The fourth-order valence-corrected chi connectivity index (χ4v) is 2.08. The van der Waals surface area contributed by atoms with Crippen molar-refractivity contribution >= 4 is 11.6 Å². The van der Waals surface area contributed by atoms with Gasteiger partial charge in [0.25, 0.3) is 5.91 Å². The number of amides is 1. The summed E-state index contributed by atoms with van der Waals surface area (Å²) in [6.45, 7) is 2.17. The van der Waals surface area contributed by atoms with Gasteiger partial charge >= 0.3 is 0 Å². The van der Waals surface area contributed by atoms with Crippen LogP contribution in [0, 0.1) is 18.6 Å². The third-order valence-corrected chi connectivity index (χ3v) is 3.28. The number of hydrogen-bond donors (Lipinski definition) is 2. The number of hydrogen-bond acceptors (Lipinski definition) is 2. The molecule has 1 amide bonds. The topological polar surface area (TPSA) is 55.1 Å². The van der Waals surface area contributed by atoms with Crippen molar-refractivity contribution in [2.75, 3.05) is 12.3 Å². The highest BCUT2D eigenvalue weighted by Gasteiger charge is 2.12. The first-order valence-corrected chi connectivity index (χ1v) is 6.56. The lowest BCUT2D eigenvalue weighted by Gasteiger charge is -2.09. The van der Waals surface area contributed by atoms with Crippen molar-refractivity contribution in [3.05, 3.63) is 64.7 Å². The van der Waals surface area contributed by atoms with E-state index in [1.165, 1.54) is 30.3 Å². The van der Waals surface area contributed by atoms with Gasteiger partial charge in [0.15, 0.2) is 0 Å². The van der Waals surface area contributed by atoms with Gasteiger partial charge in [-0.25, -0.2) is 8.78 Å². The lowest BCUT2D eigenvalue weighted by Crippen LogP contribution is -2.26. The minimum Gasteiger partial charge on any atom is -0.396 e. The number of nitrogens with one attached hydrogen (secondary N) is 1. The summed E-state index contributed by atoms with van der Waals surface area (Å²) in [6.07, 6.45) is 0.563. The van der Waals surface area contributed by atoms with Crippen LogP contribution >= 0.6 is 0 Å². The predicted molar refractivity (Wildman–Crippen MR) is 78.0 cm³/mol. The first-order chi connectivity index (χ1) is 9.99. The molecule has 0 aliphatic rings. The molecule has 0 heterocycles. The Balaban J connectivity index is 1.97. The molecule has 0 spiro atoms. The molecule has 0 fully saturated rings. The van der Waals surface area contributed by atoms with Crippen molar-refractivity contribution in [2.45, 2.75) is 13.3 Å². The lowest BCUT2D eigenvalue weighted by molar-refractivity contribution is 0.0954. The van der Waals surface area contributed by atoms with E-state index in [0.29, 0.717) is 13.0 Å². The number of carbonyl (C=O) groups is 1. The second-order valence-corrected chi connectivity index (χ2v) is 4.78. The Labute approximate surface area is 121 Å². The van der Waals surface area contributed by atoms with E-state index in [-0.39, 0.29) is 17.1 Å². The largest absolute Gasteiger partial charge is 0.396 e. The molecule has 2 rings (SSSR count). The van der Waals surface area contributed by atoms with Crippen molar-refractivity contribution in [2.24, 2.45) is 0 Å². The van der Waals surface area contributed by atoms with Gasteiger partial charge in [0.05, 0.1) is 11.3 Å². The van der Waals surface area contributed by atoms with Crippen LogP contribution in [0.5, 0.6) is 0 Å². The summed E-state index contributed by atoms with van der Waals surface area (Å²) in [5, 5.41) is 2.68. The number of para-hydroxylation sites is 1. The molecule has 0 unspecified atom stereocenters.